The van der Waals surface area contributed by atoms with Crippen molar-refractivity contribution in [3.63, 3.8) is 0 Å². The third kappa shape index (κ3) is 13.8. The molecular weight excluding hydrogens is 715 g/mol. The lowest BCUT2D eigenvalue weighted by molar-refractivity contribution is -0.121. The quantitative estimate of drug-likeness (QED) is 0.108. The van der Waals surface area contributed by atoms with Crippen LogP contribution in [0.25, 0.3) is 0 Å². The number of benzene rings is 2. The molecule has 294 valence electrons. The first kappa shape index (κ1) is 44.0. The van der Waals surface area contributed by atoms with E-state index >= 15 is 0 Å². The summed E-state index contributed by atoms with van der Waals surface area (Å²) in [6.45, 7) is 6.34. The molecule has 0 aromatic heterocycles. The Bertz CT molecular complexity index is 1620. The van der Waals surface area contributed by atoms with E-state index < -0.39 is 23.6 Å². The summed E-state index contributed by atoms with van der Waals surface area (Å²) in [5.74, 6) is 0.416. The van der Waals surface area contributed by atoms with Crippen molar-refractivity contribution in [2.45, 2.75) is 81.4 Å². The van der Waals surface area contributed by atoms with E-state index in [2.05, 4.69) is 67.8 Å². The molecule has 2 heterocycles. The van der Waals surface area contributed by atoms with Crippen LogP contribution in [-0.2, 0) is 31.7 Å². The fraction of sp³-hybridized carbons (Fsp3) is 0.513. The monoisotopic (exact) mass is 768 g/mol. The van der Waals surface area contributed by atoms with E-state index in [1.165, 1.54) is 18.8 Å². The number of allylic oxidation sites excluding steroid dienone is 1. The van der Waals surface area contributed by atoms with Crippen molar-refractivity contribution in [1.29, 1.82) is 5.26 Å². The Morgan fingerprint density at radius 3 is 2.41 bits per heavy atom. The average molecular weight is 769 g/mol. The molecule has 0 spiro atoms. The fourth-order valence-corrected chi connectivity index (χ4v) is 8.06. The van der Waals surface area contributed by atoms with Crippen LogP contribution in [0.5, 0.6) is 0 Å². The van der Waals surface area contributed by atoms with Gasteiger partial charge in [0.15, 0.2) is 5.76 Å². The highest BCUT2D eigenvalue weighted by molar-refractivity contribution is 7.82. The fourth-order valence-electron chi connectivity index (χ4n) is 6.79. The summed E-state index contributed by atoms with van der Waals surface area (Å²) >= 11 is 0. The minimum atomic E-state index is -2.99. The zero-order valence-electron chi connectivity index (χ0n) is 31.5. The molecule has 2 fully saturated rings. The number of nitriles is 1. The number of carbonyl (C=O) groups excluding carboxylic acids is 2. The number of carbonyl (C=O) groups is 2. The molecule has 15 heteroatoms. The molecule has 0 radical (unpaired) electrons. The van der Waals surface area contributed by atoms with Gasteiger partial charge < -0.3 is 30.8 Å². The number of aliphatic imine (C=N–C) groups is 2. The molecule has 0 aliphatic carbocycles. The van der Waals surface area contributed by atoms with Gasteiger partial charge in [-0.15, -0.1) is 0 Å². The molecular formula is C39H54F2N8O4S. The van der Waals surface area contributed by atoms with Gasteiger partial charge in [-0.3, -0.25) is 14.8 Å². The maximum absolute atomic E-state index is 13.6. The number of likely N-dealkylation sites (N-methyl/N-ethyl adjacent to an activating group) is 1. The Kier molecular flexibility index (Phi) is 19.1. The van der Waals surface area contributed by atoms with Crippen molar-refractivity contribution in [2.75, 3.05) is 52.1 Å². The Morgan fingerprint density at radius 2 is 1.81 bits per heavy atom. The van der Waals surface area contributed by atoms with Gasteiger partial charge in [0.1, 0.15) is 23.3 Å². The van der Waals surface area contributed by atoms with Crippen molar-refractivity contribution in [3.05, 3.63) is 71.1 Å². The van der Waals surface area contributed by atoms with Gasteiger partial charge in [-0.1, -0.05) is 19.1 Å². The highest BCUT2D eigenvalue weighted by Crippen LogP contribution is 2.30. The van der Waals surface area contributed by atoms with Gasteiger partial charge >= 0.3 is 6.61 Å². The van der Waals surface area contributed by atoms with Gasteiger partial charge in [0.05, 0.1) is 35.0 Å². The molecule has 2 aromatic rings. The third-order valence-corrected chi connectivity index (χ3v) is 11.0. The normalized spacial score (nSPS) is 17.9. The van der Waals surface area contributed by atoms with Crippen molar-refractivity contribution >= 4 is 41.8 Å². The zero-order chi connectivity index (χ0) is 39.5. The number of hydrogen-bond donors (Lipinski definition) is 3. The Morgan fingerprint density at radius 1 is 1.13 bits per heavy atom. The predicted octanol–water partition coefficient (Wildman–Crippen LogP) is 5.04. The van der Waals surface area contributed by atoms with Gasteiger partial charge in [0.2, 0.25) is 5.91 Å². The number of aldehydes is 1. The van der Waals surface area contributed by atoms with Crippen molar-refractivity contribution in [2.24, 2.45) is 21.6 Å². The SMILES string of the molecule is C=N/C=C(\C=NC1CCN(S(=O)c2ccc(C#N)c(CC(C)CN3CCC(c4ccc(NC(CCC=O)C(=O)NC)cc4)CC3)c2)CC1)OC(F)F.CN. The van der Waals surface area contributed by atoms with Crippen LogP contribution in [0.2, 0.25) is 0 Å². The number of nitrogens with two attached hydrogens (primary N) is 1. The third-order valence-electron chi connectivity index (χ3n) is 9.50. The van der Waals surface area contributed by atoms with E-state index in [0.717, 1.165) is 56.2 Å². The molecule has 3 unspecified atom stereocenters. The summed E-state index contributed by atoms with van der Waals surface area (Å²) in [5, 5.41) is 15.7. The topological polar surface area (TPSA) is 166 Å². The number of ether oxygens (including phenoxy) is 1. The molecule has 4 rings (SSSR count). The molecule has 4 N–H and O–H groups in total. The smallest absolute Gasteiger partial charge is 0.387 e. The first-order valence-corrected chi connectivity index (χ1v) is 19.4. The number of piperidine rings is 2. The van der Waals surface area contributed by atoms with Crippen LogP contribution < -0.4 is 16.4 Å². The minimum absolute atomic E-state index is 0.122. The molecule has 0 saturated carbocycles. The molecule has 2 aliphatic rings. The number of nitrogens with one attached hydrogen (secondary N) is 2. The van der Waals surface area contributed by atoms with Crippen LogP contribution in [0.3, 0.4) is 0 Å². The average Bonchev–Trinajstić information content (AvgIpc) is 3.19. The molecule has 54 heavy (non-hydrogen) atoms. The second-order valence-corrected chi connectivity index (χ2v) is 14.8. The van der Waals surface area contributed by atoms with E-state index in [1.807, 2.05) is 22.5 Å². The van der Waals surface area contributed by atoms with Crippen molar-refractivity contribution in [3.8, 4) is 6.07 Å². The number of rotatable bonds is 18. The van der Waals surface area contributed by atoms with Gasteiger partial charge in [0.25, 0.3) is 0 Å². The largest absolute Gasteiger partial charge is 0.432 e. The van der Waals surface area contributed by atoms with Crippen LogP contribution in [0.1, 0.15) is 68.1 Å². The molecule has 1 amide bonds. The second kappa shape index (κ2) is 23.4. The highest BCUT2D eigenvalue weighted by atomic mass is 32.2. The number of hydrogen-bond acceptors (Lipinski definition) is 10. The maximum atomic E-state index is 13.6. The van der Waals surface area contributed by atoms with Gasteiger partial charge in [-0.05, 0) is 119 Å². The zero-order valence-corrected chi connectivity index (χ0v) is 32.3. The second-order valence-electron chi connectivity index (χ2n) is 13.3. The standard InChI is InChI=1S/C38H49F2N7O4S.CH5N/c1-27(26-46-16-12-29(13-17-46)28-6-9-33(10-7-28)45-36(5-4-20-48)37(49)43-3)21-31-22-35(11-8-30(31)23-41)52(50)47-18-14-32(15-19-47)44-25-34(24-42-2)51-38(39)40;1-2/h6-11,20,22,24-25,27,29,32,36,38,45H,2,4-5,12-19,21,26H2,1,3H3,(H,43,49);2H2,1H3/b34-24+,44-25?;. The predicted molar refractivity (Wildman–Crippen MR) is 210 cm³/mol. The Labute approximate surface area is 320 Å². The molecule has 2 aliphatic heterocycles. The highest BCUT2D eigenvalue weighted by Gasteiger charge is 2.26. The number of halogens is 2. The molecule has 3 atom stereocenters. The summed E-state index contributed by atoms with van der Waals surface area (Å²) < 4.78 is 45.1. The van der Waals surface area contributed by atoms with Crippen LogP contribution in [0.15, 0.2) is 69.3 Å². The van der Waals surface area contributed by atoms with E-state index in [9.17, 15) is 27.8 Å². The number of nitrogens with zero attached hydrogens (tertiary/aromatic N) is 5. The number of likely N-dealkylation sites (tertiary alicyclic amines) is 1. The lowest BCUT2D eigenvalue weighted by Gasteiger charge is -2.34. The first-order chi connectivity index (χ1) is 26.1. The summed E-state index contributed by atoms with van der Waals surface area (Å²) in [6.07, 6.45) is 7.86. The number of amides is 1. The van der Waals surface area contributed by atoms with Crippen LogP contribution in [0.4, 0.5) is 14.5 Å². The van der Waals surface area contributed by atoms with Crippen LogP contribution in [-0.4, -0.2) is 104 Å². The summed E-state index contributed by atoms with van der Waals surface area (Å²) in [7, 11) is 1.68. The van der Waals surface area contributed by atoms with Gasteiger partial charge in [-0.25, -0.2) is 8.51 Å². The Balaban J connectivity index is 0.00000385. The number of alkyl halides is 2. The summed E-state index contributed by atoms with van der Waals surface area (Å²) in [4.78, 5) is 34.0. The number of anilines is 1. The summed E-state index contributed by atoms with van der Waals surface area (Å²) in [5.41, 5.74) is 8.10. The van der Waals surface area contributed by atoms with E-state index in [4.69, 9.17) is 0 Å². The Hall–Kier alpha value is -4.36. The minimum Gasteiger partial charge on any atom is -0.432 e. The molecule has 2 aromatic carbocycles. The maximum Gasteiger partial charge on any atom is 0.387 e. The van der Waals surface area contributed by atoms with E-state index in [0.29, 0.717) is 61.6 Å². The molecule has 12 nitrogen and oxygen atoms in total. The van der Waals surface area contributed by atoms with Gasteiger partial charge in [0, 0.05) is 38.8 Å². The summed E-state index contributed by atoms with van der Waals surface area (Å²) in [6, 6.07) is 15.4. The van der Waals surface area contributed by atoms with E-state index in [-0.39, 0.29) is 23.6 Å². The van der Waals surface area contributed by atoms with Gasteiger partial charge in [-0.2, -0.15) is 14.0 Å². The van der Waals surface area contributed by atoms with E-state index in [1.54, 1.807) is 19.2 Å². The van der Waals surface area contributed by atoms with Crippen molar-refractivity contribution in [1.82, 2.24) is 14.5 Å². The molecule has 0 bridgehead atoms. The van der Waals surface area contributed by atoms with Crippen molar-refractivity contribution < 1.29 is 27.3 Å². The van der Waals surface area contributed by atoms with Crippen LogP contribution in [0, 0.1) is 17.2 Å². The van der Waals surface area contributed by atoms with Crippen LogP contribution >= 0.6 is 0 Å². The lowest BCUT2D eigenvalue weighted by atomic mass is 9.88. The lowest BCUT2D eigenvalue weighted by Crippen LogP contribution is -2.37. The molecule has 2 saturated heterocycles. The first-order valence-electron chi connectivity index (χ1n) is 18.3.